The number of aromatic amines is 1. The van der Waals surface area contributed by atoms with Gasteiger partial charge in [-0.1, -0.05) is 43.2 Å². The van der Waals surface area contributed by atoms with Crippen molar-refractivity contribution in [2.24, 2.45) is 16.5 Å². The Kier molecular flexibility index (Phi) is 12.4. The number of carbonyl (C=O) groups excluding carboxylic acids is 1. The zero-order chi connectivity index (χ0) is 40.9. The molecule has 3 N–H and O–H groups in total. The lowest BCUT2D eigenvalue weighted by Gasteiger charge is -2.39. The standard InChI is InChI=1S/C45H50ClN7O5S/c1-45(2)15-11-33(39(26-45)31-3-5-34(46)6-4-31)29-52-17-19-53(20-18-52)35-7-9-38(42(24-35)58-36-23-32-12-16-47-43(32)49-28-36)44(54)51-59(56)37-8-10-40(41(25-37)50-55)48-27-30-13-21-57-22-14-30/h3-10,12,16,23-25,28,30,48H,11,13-15,17-22,26-27,29H2,1-2H3,(H,47,49)(H,51,54). The molecule has 1 amide bonds. The van der Waals surface area contributed by atoms with E-state index in [0.29, 0.717) is 29.6 Å². The summed E-state index contributed by atoms with van der Waals surface area (Å²) >= 11 is 6.25. The van der Waals surface area contributed by atoms with Crippen LogP contribution in [-0.2, 0) is 15.7 Å². The van der Waals surface area contributed by atoms with Gasteiger partial charge in [-0.3, -0.25) is 14.4 Å². The maximum Gasteiger partial charge on any atom is 0.266 e. The molecule has 3 aromatic carbocycles. The number of rotatable bonds is 13. The van der Waals surface area contributed by atoms with Gasteiger partial charge in [0.2, 0.25) is 0 Å². The minimum atomic E-state index is -1.99. The van der Waals surface area contributed by atoms with Crippen molar-refractivity contribution in [1.29, 1.82) is 0 Å². The molecule has 2 aromatic heterocycles. The molecular weight excluding hydrogens is 786 g/mol. The van der Waals surface area contributed by atoms with Gasteiger partial charge in [-0.05, 0) is 114 Å². The first-order chi connectivity index (χ1) is 28.6. The number of halogens is 1. The highest BCUT2D eigenvalue weighted by molar-refractivity contribution is 7.83. The Balaban J connectivity index is 0.977. The molecule has 0 radical (unpaired) electrons. The molecule has 1 aliphatic carbocycles. The van der Waals surface area contributed by atoms with Crippen molar-refractivity contribution in [3.05, 3.63) is 112 Å². The number of amides is 1. The van der Waals surface area contributed by atoms with Crippen molar-refractivity contribution in [2.45, 2.75) is 50.8 Å². The fourth-order valence-corrected chi connectivity index (χ4v) is 9.17. The van der Waals surface area contributed by atoms with E-state index in [0.717, 1.165) is 93.4 Å². The Labute approximate surface area is 352 Å². The average Bonchev–Trinajstić information content (AvgIpc) is 3.72. The van der Waals surface area contributed by atoms with Crippen LogP contribution in [0.2, 0.25) is 5.02 Å². The number of nitrogens with zero attached hydrogens (tertiary/aromatic N) is 4. The quantitative estimate of drug-likeness (QED) is 0.0990. The molecule has 2 saturated heterocycles. The number of nitroso groups, excluding NO2 is 1. The van der Waals surface area contributed by atoms with Crippen molar-refractivity contribution in [2.75, 3.05) is 62.7 Å². The molecule has 308 valence electrons. The second kappa shape index (κ2) is 18.0. The first kappa shape index (κ1) is 40.7. The zero-order valence-corrected chi connectivity index (χ0v) is 35.0. The SMILES string of the molecule is CC1(C)CCC(CN2CCN(c3ccc(C(=O)NS(=O)c4ccc(NCC5CCOCC5)c(N=O)c4)c(Oc4cnc5[nH]ccc5c4)c3)CC2)=C(c2ccc(Cl)cc2)C1. The minimum Gasteiger partial charge on any atom is -0.455 e. The molecule has 2 fully saturated rings. The number of benzene rings is 3. The van der Waals surface area contributed by atoms with Crippen LogP contribution in [0.3, 0.4) is 0 Å². The molecule has 4 heterocycles. The van der Waals surface area contributed by atoms with Gasteiger partial charge in [-0.15, -0.1) is 4.91 Å². The molecule has 1 unspecified atom stereocenters. The lowest BCUT2D eigenvalue weighted by atomic mass is 9.72. The zero-order valence-electron chi connectivity index (χ0n) is 33.5. The summed E-state index contributed by atoms with van der Waals surface area (Å²) in [5.74, 6) is 0.603. The smallest absolute Gasteiger partial charge is 0.266 e. The number of hydrogen-bond donors (Lipinski definition) is 3. The highest BCUT2D eigenvalue weighted by Crippen LogP contribution is 2.43. The summed E-state index contributed by atoms with van der Waals surface area (Å²) in [6.45, 7) is 11.1. The maximum atomic E-state index is 13.9. The summed E-state index contributed by atoms with van der Waals surface area (Å²) in [5.41, 5.74) is 6.99. The van der Waals surface area contributed by atoms with E-state index in [1.807, 2.05) is 36.4 Å². The van der Waals surface area contributed by atoms with Crippen LogP contribution in [0.15, 0.2) is 101 Å². The fourth-order valence-electron chi connectivity index (χ4n) is 8.23. The first-order valence-electron chi connectivity index (χ1n) is 20.3. The van der Waals surface area contributed by atoms with Crippen LogP contribution in [0, 0.1) is 16.2 Å². The topological polar surface area (TPSA) is 141 Å². The van der Waals surface area contributed by atoms with E-state index in [1.54, 1.807) is 30.6 Å². The normalized spacial score (nSPS) is 18.1. The molecule has 2 aliphatic heterocycles. The number of piperazine rings is 1. The number of hydrogen-bond acceptors (Lipinski definition) is 10. The predicted molar refractivity (Wildman–Crippen MR) is 235 cm³/mol. The predicted octanol–water partition coefficient (Wildman–Crippen LogP) is 9.48. The number of H-pyrrole nitrogens is 1. The second-order valence-corrected chi connectivity index (χ2v) is 18.1. The summed E-state index contributed by atoms with van der Waals surface area (Å²) in [5, 5.41) is 8.09. The van der Waals surface area contributed by atoms with Gasteiger partial charge >= 0.3 is 0 Å². The molecule has 0 bridgehead atoms. The molecule has 5 aromatic rings. The molecule has 1 atom stereocenters. The Morgan fingerprint density at radius 3 is 2.61 bits per heavy atom. The van der Waals surface area contributed by atoms with E-state index in [2.05, 4.69) is 61.0 Å². The number of allylic oxidation sites excluding steroid dienone is 1. The summed E-state index contributed by atoms with van der Waals surface area (Å²) in [7, 11) is -1.99. The van der Waals surface area contributed by atoms with Crippen LogP contribution in [-0.4, -0.2) is 77.5 Å². The van der Waals surface area contributed by atoms with Gasteiger partial charge in [0.25, 0.3) is 5.91 Å². The maximum absolute atomic E-state index is 13.9. The first-order valence-corrected chi connectivity index (χ1v) is 21.8. The third-order valence-corrected chi connectivity index (χ3v) is 13.0. The number of aromatic nitrogens is 2. The van der Waals surface area contributed by atoms with Crippen LogP contribution in [0.1, 0.15) is 61.9 Å². The largest absolute Gasteiger partial charge is 0.455 e. The molecular formula is C45H50ClN7O5S. The summed E-state index contributed by atoms with van der Waals surface area (Å²) < 4.78 is 28.0. The van der Waals surface area contributed by atoms with Crippen LogP contribution in [0.25, 0.3) is 16.6 Å². The van der Waals surface area contributed by atoms with E-state index in [-0.39, 0.29) is 21.6 Å². The van der Waals surface area contributed by atoms with Crippen molar-refractivity contribution < 1.29 is 18.5 Å². The Morgan fingerprint density at radius 1 is 1.03 bits per heavy atom. The lowest BCUT2D eigenvalue weighted by molar-refractivity contribution is 0.0699. The summed E-state index contributed by atoms with van der Waals surface area (Å²) in [4.78, 5) is 38.3. The van der Waals surface area contributed by atoms with Gasteiger partial charge in [-0.25, -0.2) is 9.19 Å². The van der Waals surface area contributed by atoms with Crippen molar-refractivity contribution in [3.8, 4) is 11.5 Å². The number of ether oxygens (including phenoxy) is 2. The lowest BCUT2D eigenvalue weighted by Crippen LogP contribution is -2.47. The number of nitrogens with one attached hydrogen (secondary N) is 3. The molecule has 12 nitrogen and oxygen atoms in total. The van der Waals surface area contributed by atoms with Crippen LogP contribution >= 0.6 is 11.6 Å². The van der Waals surface area contributed by atoms with Crippen molar-refractivity contribution in [3.63, 3.8) is 0 Å². The fraction of sp³-hybridized carbons (Fsp3) is 0.378. The van der Waals surface area contributed by atoms with Gasteiger partial charge < -0.3 is 24.7 Å². The van der Waals surface area contributed by atoms with E-state index in [9.17, 15) is 13.9 Å². The van der Waals surface area contributed by atoms with E-state index in [4.69, 9.17) is 21.1 Å². The van der Waals surface area contributed by atoms with E-state index < -0.39 is 16.9 Å². The molecule has 8 rings (SSSR count). The molecule has 14 heteroatoms. The Hall–Kier alpha value is -5.08. The molecule has 59 heavy (non-hydrogen) atoms. The monoisotopic (exact) mass is 835 g/mol. The van der Waals surface area contributed by atoms with Crippen LogP contribution in [0.5, 0.6) is 11.5 Å². The average molecular weight is 836 g/mol. The number of carbonyl (C=O) groups is 1. The highest BCUT2D eigenvalue weighted by Gasteiger charge is 2.30. The van der Waals surface area contributed by atoms with Gasteiger partial charge in [-0.2, -0.15) is 0 Å². The molecule has 3 aliphatic rings. The van der Waals surface area contributed by atoms with Gasteiger partial charge in [0.1, 0.15) is 22.8 Å². The molecule has 0 saturated carbocycles. The minimum absolute atomic E-state index is 0.125. The Bertz CT molecular complexity index is 2370. The van der Waals surface area contributed by atoms with Gasteiger partial charge in [0.15, 0.2) is 11.0 Å². The van der Waals surface area contributed by atoms with E-state index in [1.165, 1.54) is 29.2 Å². The number of fused-ring (bicyclic) bond motifs is 1. The molecule has 0 spiro atoms. The summed E-state index contributed by atoms with van der Waals surface area (Å²) in [6.07, 6.45) is 8.59. The highest BCUT2D eigenvalue weighted by atomic mass is 35.5. The Morgan fingerprint density at radius 2 is 1.83 bits per heavy atom. The third kappa shape index (κ3) is 9.87. The van der Waals surface area contributed by atoms with E-state index >= 15 is 0 Å². The summed E-state index contributed by atoms with van der Waals surface area (Å²) in [6, 6.07) is 22.2. The van der Waals surface area contributed by atoms with Crippen molar-refractivity contribution >= 4 is 62.2 Å². The number of anilines is 2. The van der Waals surface area contributed by atoms with Crippen molar-refractivity contribution in [1.82, 2.24) is 19.6 Å². The third-order valence-electron chi connectivity index (χ3n) is 11.7. The number of pyridine rings is 1. The van der Waals surface area contributed by atoms with Gasteiger partial charge in [0, 0.05) is 80.8 Å². The van der Waals surface area contributed by atoms with Crippen LogP contribution < -0.4 is 19.7 Å². The second-order valence-electron chi connectivity index (χ2n) is 16.5. The van der Waals surface area contributed by atoms with Gasteiger partial charge in [0.05, 0.1) is 22.3 Å². The van der Waals surface area contributed by atoms with Crippen LogP contribution in [0.4, 0.5) is 17.1 Å².